The first kappa shape index (κ1) is 19.3. The van der Waals surface area contributed by atoms with Gasteiger partial charge in [0.05, 0.1) is 0 Å². The number of rotatable bonds is 8. The van der Waals surface area contributed by atoms with E-state index in [9.17, 15) is 13.6 Å². The van der Waals surface area contributed by atoms with Gasteiger partial charge in [0, 0.05) is 5.56 Å². The smallest absolute Gasteiger partial charge is 0.387 e. The molecule has 142 valence electrons. The minimum Gasteiger partial charge on any atom is -0.489 e. The molecule has 0 saturated heterocycles. The Kier molecular flexibility index (Phi) is 6.52. The monoisotopic (exact) mass is 380 g/mol. The van der Waals surface area contributed by atoms with E-state index >= 15 is 0 Å². The molecule has 0 aliphatic rings. The number of ketones is 1. The van der Waals surface area contributed by atoms with Crippen LogP contribution < -0.4 is 9.47 Å². The molecule has 0 heterocycles. The maximum Gasteiger partial charge on any atom is 0.387 e. The van der Waals surface area contributed by atoms with Crippen molar-refractivity contribution in [2.45, 2.75) is 13.2 Å². The van der Waals surface area contributed by atoms with Crippen LogP contribution in [0.1, 0.15) is 21.5 Å². The van der Waals surface area contributed by atoms with Gasteiger partial charge >= 0.3 is 6.61 Å². The molecule has 3 nitrogen and oxygen atoms in total. The number of carbonyl (C=O) groups is 1. The van der Waals surface area contributed by atoms with Gasteiger partial charge in [0.1, 0.15) is 18.1 Å². The van der Waals surface area contributed by atoms with Crippen molar-refractivity contribution in [2.24, 2.45) is 0 Å². The molecule has 0 amide bonds. The third-order valence-electron chi connectivity index (χ3n) is 3.92. The van der Waals surface area contributed by atoms with Crippen LogP contribution in [0.3, 0.4) is 0 Å². The molecule has 0 saturated carbocycles. The molecule has 0 aromatic heterocycles. The third-order valence-corrected chi connectivity index (χ3v) is 3.92. The number of halogens is 2. The van der Waals surface area contributed by atoms with Crippen LogP contribution in [-0.4, -0.2) is 12.4 Å². The first-order valence-corrected chi connectivity index (χ1v) is 8.64. The summed E-state index contributed by atoms with van der Waals surface area (Å²) in [6, 6.07) is 22.8. The van der Waals surface area contributed by atoms with Crippen LogP contribution in [0.5, 0.6) is 11.5 Å². The maximum absolute atomic E-state index is 12.2. The molecule has 5 heteroatoms. The van der Waals surface area contributed by atoms with Crippen LogP contribution in [0.15, 0.2) is 84.9 Å². The van der Waals surface area contributed by atoms with Gasteiger partial charge in [-0.05, 0) is 53.6 Å². The Hall–Kier alpha value is -3.47. The molecular formula is C23H18F2O3. The number of hydrogen-bond donors (Lipinski definition) is 0. The minimum absolute atomic E-state index is 0.0154. The van der Waals surface area contributed by atoms with Gasteiger partial charge in [0.2, 0.25) is 0 Å². The summed E-state index contributed by atoms with van der Waals surface area (Å²) in [4.78, 5) is 12.2. The first-order valence-electron chi connectivity index (χ1n) is 8.64. The molecule has 0 spiro atoms. The highest BCUT2D eigenvalue weighted by atomic mass is 19.3. The fourth-order valence-electron chi connectivity index (χ4n) is 2.48. The topological polar surface area (TPSA) is 35.5 Å². The van der Waals surface area contributed by atoms with Gasteiger partial charge in [-0.25, -0.2) is 0 Å². The Labute approximate surface area is 161 Å². The lowest BCUT2D eigenvalue weighted by atomic mass is 10.1. The Morgan fingerprint density at radius 2 is 1.50 bits per heavy atom. The van der Waals surface area contributed by atoms with Crippen LogP contribution >= 0.6 is 0 Å². The Bertz CT molecular complexity index is 918. The van der Waals surface area contributed by atoms with Crippen molar-refractivity contribution >= 4 is 11.9 Å². The molecule has 0 fully saturated rings. The normalized spacial score (nSPS) is 11.0. The Morgan fingerprint density at radius 3 is 2.14 bits per heavy atom. The van der Waals surface area contributed by atoms with Gasteiger partial charge in [-0.2, -0.15) is 8.78 Å². The molecule has 0 bridgehead atoms. The van der Waals surface area contributed by atoms with Gasteiger partial charge in [-0.15, -0.1) is 0 Å². The van der Waals surface area contributed by atoms with Crippen molar-refractivity contribution in [3.63, 3.8) is 0 Å². The van der Waals surface area contributed by atoms with Crippen LogP contribution in [-0.2, 0) is 6.61 Å². The van der Waals surface area contributed by atoms with Gasteiger partial charge in [-0.3, -0.25) is 4.79 Å². The average Bonchev–Trinajstić information content (AvgIpc) is 2.72. The minimum atomic E-state index is -2.89. The maximum atomic E-state index is 12.2. The summed E-state index contributed by atoms with van der Waals surface area (Å²) in [6.07, 6.45) is 3.12. The van der Waals surface area contributed by atoms with E-state index in [4.69, 9.17) is 4.74 Å². The van der Waals surface area contributed by atoms with E-state index in [-0.39, 0.29) is 11.5 Å². The fourth-order valence-corrected chi connectivity index (χ4v) is 2.48. The van der Waals surface area contributed by atoms with Crippen molar-refractivity contribution in [3.8, 4) is 11.5 Å². The van der Waals surface area contributed by atoms with Crippen molar-refractivity contribution < 1.29 is 23.0 Å². The molecule has 3 aromatic carbocycles. The summed E-state index contributed by atoms with van der Waals surface area (Å²) >= 11 is 0. The summed E-state index contributed by atoms with van der Waals surface area (Å²) in [6.45, 7) is -2.40. The molecule has 0 atom stereocenters. The summed E-state index contributed by atoms with van der Waals surface area (Å²) in [5.41, 5.74) is 2.32. The number of benzene rings is 3. The zero-order valence-electron chi connectivity index (χ0n) is 14.9. The fraction of sp³-hybridized carbons (Fsp3) is 0.0870. The molecule has 3 aromatic rings. The quantitative estimate of drug-likeness (QED) is 0.368. The highest BCUT2D eigenvalue weighted by Crippen LogP contribution is 2.17. The van der Waals surface area contributed by atoms with Gasteiger partial charge in [0.15, 0.2) is 5.78 Å². The van der Waals surface area contributed by atoms with Gasteiger partial charge < -0.3 is 9.47 Å². The summed E-state index contributed by atoms with van der Waals surface area (Å²) in [7, 11) is 0. The molecule has 0 radical (unpaired) electrons. The van der Waals surface area contributed by atoms with E-state index in [1.807, 2.05) is 54.6 Å². The van der Waals surface area contributed by atoms with Crippen LogP contribution in [0, 0.1) is 0 Å². The van der Waals surface area contributed by atoms with Crippen molar-refractivity contribution in [1.82, 2.24) is 0 Å². The SMILES string of the molecule is O=C(/C=C/c1ccc(OCc2ccccc2)cc1)c1ccc(OC(F)F)cc1. The Balaban J connectivity index is 1.55. The third kappa shape index (κ3) is 5.77. The second-order valence-corrected chi connectivity index (χ2v) is 5.94. The largest absolute Gasteiger partial charge is 0.489 e. The highest BCUT2D eigenvalue weighted by molar-refractivity contribution is 6.06. The van der Waals surface area contributed by atoms with E-state index in [1.165, 1.54) is 30.3 Å². The van der Waals surface area contributed by atoms with E-state index in [1.54, 1.807) is 6.08 Å². The lowest BCUT2D eigenvalue weighted by Gasteiger charge is -2.06. The lowest BCUT2D eigenvalue weighted by Crippen LogP contribution is -2.02. The van der Waals surface area contributed by atoms with E-state index in [0.29, 0.717) is 12.2 Å². The number of alkyl halides is 2. The lowest BCUT2D eigenvalue weighted by molar-refractivity contribution is -0.0498. The number of hydrogen-bond acceptors (Lipinski definition) is 3. The summed E-state index contributed by atoms with van der Waals surface area (Å²) in [5, 5.41) is 0. The van der Waals surface area contributed by atoms with Crippen LogP contribution in [0.4, 0.5) is 8.78 Å². The van der Waals surface area contributed by atoms with E-state index in [0.717, 1.165) is 16.9 Å². The predicted molar refractivity (Wildman–Crippen MR) is 104 cm³/mol. The van der Waals surface area contributed by atoms with Crippen molar-refractivity contribution in [1.29, 1.82) is 0 Å². The molecule has 0 aliphatic heterocycles. The second kappa shape index (κ2) is 9.46. The van der Waals surface area contributed by atoms with Gasteiger partial charge in [0.25, 0.3) is 0 Å². The highest BCUT2D eigenvalue weighted by Gasteiger charge is 2.06. The molecule has 0 aliphatic carbocycles. The molecule has 0 N–H and O–H groups in total. The molecule has 0 unspecified atom stereocenters. The van der Waals surface area contributed by atoms with Crippen LogP contribution in [0.25, 0.3) is 6.08 Å². The van der Waals surface area contributed by atoms with Crippen LogP contribution in [0.2, 0.25) is 0 Å². The van der Waals surface area contributed by atoms with Gasteiger partial charge in [-0.1, -0.05) is 48.5 Å². The number of carbonyl (C=O) groups excluding carboxylic acids is 1. The average molecular weight is 380 g/mol. The van der Waals surface area contributed by atoms with Crippen molar-refractivity contribution in [3.05, 3.63) is 102 Å². The molecule has 28 heavy (non-hydrogen) atoms. The zero-order valence-corrected chi connectivity index (χ0v) is 14.9. The summed E-state index contributed by atoms with van der Waals surface area (Å²) in [5.74, 6) is 0.525. The molecule has 3 rings (SSSR count). The standard InChI is InChI=1S/C23H18F2O3/c24-23(25)28-21-13-9-19(10-14-21)22(26)15-8-17-6-11-20(12-7-17)27-16-18-4-2-1-3-5-18/h1-15,23H,16H2/b15-8+. The van der Waals surface area contributed by atoms with E-state index in [2.05, 4.69) is 4.74 Å². The first-order chi connectivity index (χ1) is 13.6. The molecular weight excluding hydrogens is 362 g/mol. The zero-order chi connectivity index (χ0) is 19.8. The van der Waals surface area contributed by atoms with E-state index < -0.39 is 6.61 Å². The predicted octanol–water partition coefficient (Wildman–Crippen LogP) is 5.76. The van der Waals surface area contributed by atoms with Crippen molar-refractivity contribution in [2.75, 3.05) is 0 Å². The number of allylic oxidation sites excluding steroid dienone is 1. The number of ether oxygens (including phenoxy) is 2. The second-order valence-electron chi connectivity index (χ2n) is 5.94. The Morgan fingerprint density at radius 1 is 0.857 bits per heavy atom. The summed E-state index contributed by atoms with van der Waals surface area (Å²) < 4.78 is 34.3.